The Hall–Kier alpha value is -3.55. The quantitative estimate of drug-likeness (QED) is 0.475. The van der Waals surface area contributed by atoms with Gasteiger partial charge >= 0.3 is 0 Å². The Morgan fingerprint density at radius 3 is 2.31 bits per heavy atom. The highest BCUT2D eigenvalue weighted by Crippen LogP contribution is 2.12. The van der Waals surface area contributed by atoms with Crippen molar-refractivity contribution in [2.24, 2.45) is 0 Å². The average Bonchev–Trinajstić information content (AvgIpc) is 3.29. The molecule has 0 saturated carbocycles. The molecule has 1 aliphatic heterocycles. The summed E-state index contributed by atoms with van der Waals surface area (Å²) in [7, 11) is 0. The monoisotopic (exact) mass is 426 g/mol. The maximum absolute atomic E-state index is 13.0. The molecule has 1 saturated heterocycles. The third kappa shape index (κ3) is 4.54. The van der Waals surface area contributed by atoms with Gasteiger partial charge in [0.25, 0.3) is 5.56 Å². The highest BCUT2D eigenvalue weighted by Gasteiger charge is 2.18. The molecule has 0 unspecified atom stereocenters. The van der Waals surface area contributed by atoms with Crippen LogP contribution in [0.3, 0.4) is 0 Å². The Labute approximate surface area is 186 Å². The van der Waals surface area contributed by atoms with Crippen LogP contribution in [0.5, 0.6) is 0 Å². The summed E-state index contributed by atoms with van der Waals surface area (Å²) in [4.78, 5) is 17.7. The predicted octanol–water partition coefficient (Wildman–Crippen LogP) is 2.87. The van der Waals surface area contributed by atoms with E-state index in [1.165, 1.54) is 10.2 Å². The van der Waals surface area contributed by atoms with Crippen molar-refractivity contribution in [1.82, 2.24) is 29.4 Å². The molecule has 2 aromatic heterocycles. The lowest BCUT2D eigenvalue weighted by Crippen LogP contribution is -2.47. The van der Waals surface area contributed by atoms with Crippen molar-refractivity contribution in [2.45, 2.75) is 6.67 Å². The van der Waals surface area contributed by atoms with Crippen LogP contribution in [0.4, 0.5) is 0 Å². The third-order valence-corrected chi connectivity index (χ3v) is 5.81. The molecule has 0 spiro atoms. The SMILES string of the molecule is O=c1c2nn(-c3ccccc3)cc2cnn1CN1CCN(CC=Cc2ccccc2)CC1. The van der Waals surface area contributed by atoms with Gasteiger partial charge in [0, 0.05) is 44.3 Å². The molecule has 1 aliphatic rings. The summed E-state index contributed by atoms with van der Waals surface area (Å²) in [5.74, 6) is 0. The van der Waals surface area contributed by atoms with Crippen LogP contribution in [-0.4, -0.2) is 62.1 Å². The first-order valence-corrected chi connectivity index (χ1v) is 10.9. The van der Waals surface area contributed by atoms with Gasteiger partial charge in [0.1, 0.15) is 0 Å². The van der Waals surface area contributed by atoms with E-state index in [4.69, 9.17) is 0 Å². The standard InChI is InChI=1S/C25H26N6O/c32-25-24-22(19-30(27-24)23-11-5-2-6-12-23)18-26-31(25)20-29-16-14-28(15-17-29)13-7-10-21-8-3-1-4-9-21/h1-12,18-19H,13-17,20H2. The van der Waals surface area contributed by atoms with Crippen molar-refractivity contribution in [3.05, 3.63) is 95.1 Å². The fourth-order valence-corrected chi connectivity index (χ4v) is 3.97. The molecular weight excluding hydrogens is 400 g/mol. The molecule has 1 fully saturated rings. The molecule has 2 aromatic carbocycles. The first-order chi connectivity index (χ1) is 15.8. The van der Waals surface area contributed by atoms with Gasteiger partial charge in [-0.2, -0.15) is 10.2 Å². The van der Waals surface area contributed by atoms with E-state index in [9.17, 15) is 4.79 Å². The summed E-state index contributed by atoms with van der Waals surface area (Å²) in [6, 6.07) is 20.2. The van der Waals surface area contributed by atoms with E-state index in [0.717, 1.165) is 43.8 Å². The molecular formula is C25H26N6O. The van der Waals surface area contributed by atoms with Crippen LogP contribution in [0.1, 0.15) is 5.56 Å². The van der Waals surface area contributed by atoms with Crippen molar-refractivity contribution in [3.8, 4) is 5.69 Å². The largest absolute Gasteiger partial charge is 0.297 e. The Morgan fingerprint density at radius 1 is 0.875 bits per heavy atom. The first kappa shape index (κ1) is 20.4. The molecule has 4 aromatic rings. The Bertz CT molecular complexity index is 1250. The summed E-state index contributed by atoms with van der Waals surface area (Å²) in [6.45, 7) is 5.18. The van der Waals surface area contributed by atoms with E-state index in [2.05, 4.69) is 56.4 Å². The fourth-order valence-electron chi connectivity index (χ4n) is 3.97. The summed E-state index contributed by atoms with van der Waals surface area (Å²) < 4.78 is 3.26. The molecule has 0 aliphatic carbocycles. The number of piperazine rings is 1. The van der Waals surface area contributed by atoms with E-state index >= 15 is 0 Å². The van der Waals surface area contributed by atoms with Gasteiger partial charge in [-0.1, -0.05) is 60.7 Å². The van der Waals surface area contributed by atoms with E-state index in [1.807, 2.05) is 42.6 Å². The Morgan fingerprint density at radius 2 is 1.56 bits per heavy atom. The summed E-state index contributed by atoms with van der Waals surface area (Å²) in [5.41, 5.74) is 2.45. The van der Waals surface area contributed by atoms with Crippen LogP contribution in [0, 0.1) is 0 Å². The van der Waals surface area contributed by atoms with E-state index in [0.29, 0.717) is 12.2 Å². The number of rotatable bonds is 6. The second-order valence-corrected chi connectivity index (χ2v) is 8.04. The molecule has 5 rings (SSSR count). The van der Waals surface area contributed by atoms with Gasteiger partial charge in [-0.05, 0) is 17.7 Å². The summed E-state index contributed by atoms with van der Waals surface area (Å²) in [5, 5.41) is 9.66. The molecule has 162 valence electrons. The lowest BCUT2D eigenvalue weighted by atomic mass is 10.2. The Balaban J connectivity index is 1.20. The van der Waals surface area contributed by atoms with Crippen molar-refractivity contribution in [1.29, 1.82) is 0 Å². The van der Waals surface area contributed by atoms with Gasteiger partial charge in [0.05, 0.1) is 18.6 Å². The van der Waals surface area contributed by atoms with Crippen LogP contribution >= 0.6 is 0 Å². The summed E-state index contributed by atoms with van der Waals surface area (Å²) in [6.07, 6.45) is 7.96. The van der Waals surface area contributed by atoms with E-state index in [-0.39, 0.29) is 5.56 Å². The molecule has 3 heterocycles. The van der Waals surface area contributed by atoms with Gasteiger partial charge in [-0.3, -0.25) is 14.6 Å². The minimum absolute atomic E-state index is 0.148. The highest BCUT2D eigenvalue weighted by molar-refractivity contribution is 5.76. The van der Waals surface area contributed by atoms with Crippen molar-refractivity contribution < 1.29 is 0 Å². The zero-order chi connectivity index (χ0) is 21.8. The average molecular weight is 427 g/mol. The molecule has 0 radical (unpaired) electrons. The van der Waals surface area contributed by atoms with Crippen LogP contribution in [0.25, 0.3) is 22.7 Å². The van der Waals surface area contributed by atoms with E-state index < -0.39 is 0 Å². The normalized spacial score (nSPS) is 15.6. The minimum atomic E-state index is -0.148. The number of hydrogen-bond acceptors (Lipinski definition) is 5. The summed E-state index contributed by atoms with van der Waals surface area (Å²) >= 11 is 0. The molecule has 7 heteroatoms. The first-order valence-electron chi connectivity index (χ1n) is 10.9. The number of aromatic nitrogens is 4. The van der Waals surface area contributed by atoms with Crippen molar-refractivity contribution >= 4 is 17.0 Å². The van der Waals surface area contributed by atoms with Gasteiger partial charge in [0.15, 0.2) is 5.52 Å². The number of para-hydroxylation sites is 1. The molecule has 0 bridgehead atoms. The van der Waals surface area contributed by atoms with Crippen molar-refractivity contribution in [3.63, 3.8) is 0 Å². The number of hydrogen-bond donors (Lipinski definition) is 0. The van der Waals surface area contributed by atoms with Gasteiger partial charge in [0.2, 0.25) is 0 Å². The number of benzene rings is 2. The van der Waals surface area contributed by atoms with Gasteiger partial charge in [-0.25, -0.2) is 9.36 Å². The topological polar surface area (TPSA) is 59.2 Å². The Kier molecular flexibility index (Phi) is 5.91. The van der Waals surface area contributed by atoms with Crippen molar-refractivity contribution in [2.75, 3.05) is 32.7 Å². The highest BCUT2D eigenvalue weighted by atomic mass is 16.1. The third-order valence-electron chi connectivity index (χ3n) is 5.81. The smallest absolute Gasteiger partial charge is 0.296 e. The van der Waals surface area contributed by atoms with E-state index in [1.54, 1.807) is 10.9 Å². The second-order valence-electron chi connectivity index (χ2n) is 8.04. The zero-order valence-electron chi connectivity index (χ0n) is 17.9. The van der Waals surface area contributed by atoms with Gasteiger partial charge < -0.3 is 0 Å². The molecule has 0 N–H and O–H groups in total. The molecule has 0 amide bonds. The second kappa shape index (κ2) is 9.30. The molecule has 32 heavy (non-hydrogen) atoms. The predicted molar refractivity (Wildman–Crippen MR) is 127 cm³/mol. The number of nitrogens with zero attached hydrogens (tertiary/aromatic N) is 6. The van der Waals surface area contributed by atoms with Crippen LogP contribution in [0.15, 0.2) is 83.9 Å². The van der Waals surface area contributed by atoms with Crippen LogP contribution in [-0.2, 0) is 6.67 Å². The van der Waals surface area contributed by atoms with Crippen LogP contribution < -0.4 is 5.56 Å². The maximum Gasteiger partial charge on any atom is 0.296 e. The molecule has 0 atom stereocenters. The van der Waals surface area contributed by atoms with Gasteiger partial charge in [-0.15, -0.1) is 0 Å². The lowest BCUT2D eigenvalue weighted by molar-refractivity contribution is 0.109. The maximum atomic E-state index is 13.0. The minimum Gasteiger partial charge on any atom is -0.297 e. The zero-order valence-corrected chi connectivity index (χ0v) is 17.9. The lowest BCUT2D eigenvalue weighted by Gasteiger charge is -2.33. The number of fused-ring (bicyclic) bond motifs is 1. The van der Waals surface area contributed by atoms with Crippen LogP contribution in [0.2, 0.25) is 0 Å². The fraction of sp³-hybridized carbons (Fsp3) is 0.240. The molecule has 7 nitrogen and oxygen atoms in total.